The molecule has 0 aliphatic rings. The summed E-state index contributed by atoms with van der Waals surface area (Å²) in [7, 11) is -1.50. The average molecular weight is 507 g/mol. The van der Waals surface area contributed by atoms with Crippen LogP contribution in [-0.4, -0.2) is 33.2 Å². The van der Waals surface area contributed by atoms with Gasteiger partial charge >= 0.3 is 11.9 Å². The third kappa shape index (κ3) is 14.4. The molecule has 35 heavy (non-hydrogen) atoms. The van der Waals surface area contributed by atoms with Gasteiger partial charge in [0.1, 0.15) is 13.6 Å². The second-order valence-electron chi connectivity index (χ2n) is 10.5. The zero-order chi connectivity index (χ0) is 25.9. The second-order valence-corrected chi connectivity index (χ2v) is 15.5. The molecule has 0 N–H and O–H groups in total. The Balaban J connectivity index is 2.60. The van der Waals surface area contributed by atoms with E-state index < -0.39 is 20.0 Å². The smallest absolute Gasteiger partial charge is 0.345 e. The Bertz CT molecular complexity index is 712. The van der Waals surface area contributed by atoms with Gasteiger partial charge in [-0.25, -0.2) is 9.59 Å². The molecule has 0 spiro atoms. The first-order valence-electron chi connectivity index (χ1n) is 13.9. The van der Waals surface area contributed by atoms with Gasteiger partial charge in [-0.15, -0.1) is 0 Å². The van der Waals surface area contributed by atoms with Crippen LogP contribution < -0.4 is 5.38 Å². The summed E-state index contributed by atoms with van der Waals surface area (Å²) in [4.78, 5) is 25.4. The molecule has 0 saturated carbocycles. The normalized spacial score (nSPS) is 11.3. The van der Waals surface area contributed by atoms with Gasteiger partial charge in [0.15, 0.2) is 0 Å². The number of hydrogen-bond donors (Lipinski definition) is 0. The Hall–Kier alpha value is -1.82. The minimum atomic E-state index is -1.50. The van der Waals surface area contributed by atoms with Crippen molar-refractivity contribution in [3.63, 3.8) is 0 Å². The first kappa shape index (κ1) is 31.2. The number of carbonyl (C=O) groups excluding carboxylic acids is 2. The number of unbranched alkanes of at least 4 members (excludes halogenated alkanes) is 10. The van der Waals surface area contributed by atoms with Gasteiger partial charge in [-0.2, -0.15) is 0 Å². The molecule has 0 fully saturated rings. The summed E-state index contributed by atoms with van der Waals surface area (Å²) in [6.45, 7) is 11.8. The van der Waals surface area contributed by atoms with Gasteiger partial charge in [0.2, 0.25) is 0 Å². The zero-order valence-electron chi connectivity index (χ0n) is 23.1. The van der Waals surface area contributed by atoms with Crippen LogP contribution in [0.3, 0.4) is 0 Å². The third-order valence-corrected chi connectivity index (χ3v) is 7.82. The maximum Gasteiger partial charge on any atom is 0.345 e. The molecule has 1 aromatic rings. The molecule has 5 nitrogen and oxygen atoms in total. The Morgan fingerprint density at radius 2 is 1.29 bits per heavy atom. The molecule has 0 aliphatic carbocycles. The first-order valence-corrected chi connectivity index (χ1v) is 17.4. The van der Waals surface area contributed by atoms with Crippen LogP contribution in [-0.2, 0) is 25.5 Å². The van der Waals surface area contributed by atoms with E-state index in [4.69, 9.17) is 13.9 Å². The second kappa shape index (κ2) is 18.4. The molecule has 0 bridgehead atoms. The summed E-state index contributed by atoms with van der Waals surface area (Å²) >= 11 is 0. The number of allylic oxidation sites excluding steroid dienone is 1. The van der Waals surface area contributed by atoms with E-state index in [9.17, 15) is 9.59 Å². The van der Waals surface area contributed by atoms with E-state index >= 15 is 0 Å². The van der Waals surface area contributed by atoms with Gasteiger partial charge in [0.25, 0.3) is 0 Å². The molecule has 0 saturated heterocycles. The summed E-state index contributed by atoms with van der Waals surface area (Å²) in [5, 5.41) is 1.06. The van der Waals surface area contributed by atoms with Crippen LogP contribution >= 0.6 is 0 Å². The highest BCUT2D eigenvalue weighted by Gasteiger charge is 2.22. The highest BCUT2D eigenvalue weighted by molar-refractivity contribution is 6.87. The quantitative estimate of drug-likeness (QED) is 0.0458. The molecule has 0 radical (unpaired) electrons. The average Bonchev–Trinajstić information content (AvgIpc) is 3.30. The summed E-state index contributed by atoms with van der Waals surface area (Å²) in [5.74, 6) is -1.14. The number of ether oxygens (including phenoxy) is 2. The van der Waals surface area contributed by atoms with Crippen molar-refractivity contribution in [2.75, 3.05) is 13.2 Å². The highest BCUT2D eigenvalue weighted by atomic mass is 28.3. The maximum atomic E-state index is 12.7. The Labute approximate surface area is 215 Å². The Morgan fingerprint density at radius 3 is 1.74 bits per heavy atom. The van der Waals surface area contributed by atoms with Gasteiger partial charge in [0, 0.05) is 0 Å². The van der Waals surface area contributed by atoms with E-state index in [-0.39, 0.29) is 5.57 Å². The molecule has 6 heteroatoms. The van der Waals surface area contributed by atoms with Gasteiger partial charge in [-0.05, 0) is 37.3 Å². The molecule has 1 rings (SSSR count). The number of aryl methyl sites for hydroxylation is 1. The van der Waals surface area contributed by atoms with E-state index in [0.29, 0.717) is 26.1 Å². The minimum absolute atomic E-state index is 0.0240. The fourth-order valence-corrected chi connectivity index (χ4v) is 4.81. The van der Waals surface area contributed by atoms with Crippen molar-refractivity contribution in [1.29, 1.82) is 0 Å². The fraction of sp³-hybridized carbons (Fsp3) is 0.724. The van der Waals surface area contributed by atoms with Gasteiger partial charge in [0.05, 0.1) is 24.9 Å². The topological polar surface area (TPSA) is 65.7 Å². The molecule has 200 valence electrons. The largest absolute Gasteiger partial charge is 0.474 e. The van der Waals surface area contributed by atoms with Crippen molar-refractivity contribution >= 4 is 25.4 Å². The molecule has 0 atom stereocenters. The molecule has 0 unspecified atom stereocenters. The first-order chi connectivity index (χ1) is 16.8. The van der Waals surface area contributed by atoms with E-state index in [1.165, 1.54) is 38.5 Å². The standard InChI is InChI=1S/C29H50O5Si/c1-6-8-10-12-14-16-21-32-28(30)26(29(31)33-22-17-15-13-11-9-7-2)20-18-19-25-23-27(34-24-25)35(3,4)5/h20,23-24H,6-19,21-22H2,1-5H3. The van der Waals surface area contributed by atoms with E-state index in [0.717, 1.165) is 49.5 Å². The van der Waals surface area contributed by atoms with Crippen molar-refractivity contribution in [2.45, 2.75) is 123 Å². The van der Waals surface area contributed by atoms with Crippen molar-refractivity contribution < 1.29 is 23.5 Å². The third-order valence-electron chi connectivity index (χ3n) is 6.08. The van der Waals surface area contributed by atoms with Crippen LogP contribution in [0.5, 0.6) is 0 Å². The van der Waals surface area contributed by atoms with Gasteiger partial charge in [-0.1, -0.05) is 104 Å². The summed E-state index contributed by atoms with van der Waals surface area (Å²) < 4.78 is 16.6. The molecular weight excluding hydrogens is 456 g/mol. The molecule has 0 amide bonds. The Kier molecular flexibility index (Phi) is 16.4. The predicted octanol–water partition coefficient (Wildman–Crippen LogP) is 7.49. The van der Waals surface area contributed by atoms with Crippen molar-refractivity contribution in [3.8, 4) is 0 Å². The predicted molar refractivity (Wildman–Crippen MR) is 147 cm³/mol. The lowest BCUT2D eigenvalue weighted by atomic mass is 10.1. The molecule has 0 aromatic carbocycles. The summed E-state index contributed by atoms with van der Waals surface area (Å²) in [6.07, 6.45) is 18.1. The van der Waals surface area contributed by atoms with Gasteiger partial charge < -0.3 is 13.9 Å². The van der Waals surface area contributed by atoms with Crippen LogP contribution in [0.2, 0.25) is 19.6 Å². The van der Waals surface area contributed by atoms with Crippen LogP contribution in [0.4, 0.5) is 0 Å². The van der Waals surface area contributed by atoms with Crippen LogP contribution in [0.25, 0.3) is 0 Å². The van der Waals surface area contributed by atoms with E-state index in [2.05, 4.69) is 39.6 Å². The molecule has 1 heterocycles. The van der Waals surface area contributed by atoms with Crippen molar-refractivity contribution in [2.24, 2.45) is 0 Å². The van der Waals surface area contributed by atoms with Crippen molar-refractivity contribution in [3.05, 3.63) is 29.5 Å². The SMILES string of the molecule is CCCCCCCCOC(=O)C(=CCCc1coc([Si](C)(C)C)c1)C(=O)OCCCCCCCC. The number of esters is 2. The molecule has 0 aliphatic heterocycles. The lowest BCUT2D eigenvalue weighted by molar-refractivity contribution is -0.147. The fourth-order valence-electron chi connectivity index (χ4n) is 3.78. The summed E-state index contributed by atoms with van der Waals surface area (Å²) in [5.41, 5.74) is 1.11. The highest BCUT2D eigenvalue weighted by Crippen LogP contribution is 2.13. The number of carbonyl (C=O) groups is 2. The van der Waals surface area contributed by atoms with E-state index in [1.807, 2.05) is 0 Å². The number of rotatable bonds is 20. The van der Waals surface area contributed by atoms with Gasteiger partial charge in [-0.3, -0.25) is 0 Å². The lowest BCUT2D eigenvalue weighted by Gasteiger charge is -2.10. The number of hydrogen-bond acceptors (Lipinski definition) is 5. The van der Waals surface area contributed by atoms with Crippen LogP contribution in [0, 0.1) is 0 Å². The van der Waals surface area contributed by atoms with E-state index in [1.54, 1.807) is 12.3 Å². The monoisotopic (exact) mass is 506 g/mol. The molecule has 1 aromatic heterocycles. The minimum Gasteiger partial charge on any atom is -0.474 e. The summed E-state index contributed by atoms with van der Waals surface area (Å²) in [6, 6.07) is 2.10. The maximum absolute atomic E-state index is 12.7. The number of furan rings is 1. The van der Waals surface area contributed by atoms with Crippen LogP contribution in [0.1, 0.15) is 103 Å². The lowest BCUT2D eigenvalue weighted by Crippen LogP contribution is -2.36. The zero-order valence-corrected chi connectivity index (χ0v) is 24.1. The van der Waals surface area contributed by atoms with Crippen LogP contribution in [0.15, 0.2) is 28.4 Å². The Morgan fingerprint density at radius 1 is 0.800 bits per heavy atom. The molecular formula is C29H50O5Si. The van der Waals surface area contributed by atoms with Crippen molar-refractivity contribution in [1.82, 2.24) is 0 Å².